The molecule has 154 valence electrons. The molecular formula is C24H18N2O4S. The third kappa shape index (κ3) is 5.26. The van der Waals surface area contributed by atoms with E-state index in [9.17, 15) is 9.59 Å². The number of thioether (sulfide) groups is 1. The zero-order valence-corrected chi connectivity index (χ0v) is 17.2. The number of aromatic nitrogens is 2. The van der Waals surface area contributed by atoms with E-state index in [1.807, 2.05) is 60.7 Å². The van der Waals surface area contributed by atoms with Crippen molar-refractivity contribution in [2.45, 2.75) is 16.8 Å². The second-order valence-corrected chi connectivity index (χ2v) is 7.51. The maximum absolute atomic E-state index is 13.0. The molecule has 0 radical (unpaired) electrons. The molecule has 0 saturated carbocycles. The van der Waals surface area contributed by atoms with Crippen molar-refractivity contribution in [1.29, 1.82) is 0 Å². The Morgan fingerprint density at radius 1 is 0.935 bits per heavy atom. The van der Waals surface area contributed by atoms with Gasteiger partial charge in [0, 0.05) is 18.5 Å². The van der Waals surface area contributed by atoms with Crippen LogP contribution in [-0.2, 0) is 10.5 Å². The fourth-order valence-electron chi connectivity index (χ4n) is 3.01. The van der Waals surface area contributed by atoms with Crippen LogP contribution in [0.5, 0.6) is 5.75 Å². The number of carbonyl (C=O) groups excluding carboxylic acids is 1. The van der Waals surface area contributed by atoms with Crippen molar-refractivity contribution >= 4 is 17.7 Å². The second kappa shape index (κ2) is 9.86. The predicted molar refractivity (Wildman–Crippen MR) is 117 cm³/mol. The van der Waals surface area contributed by atoms with E-state index in [2.05, 4.69) is 9.97 Å². The van der Waals surface area contributed by atoms with Gasteiger partial charge in [-0.25, -0.2) is 9.97 Å². The minimum atomic E-state index is -0.660. The van der Waals surface area contributed by atoms with Crippen molar-refractivity contribution in [2.75, 3.05) is 0 Å². The number of nitrogens with zero attached hydrogens (tertiary/aromatic N) is 2. The van der Waals surface area contributed by atoms with Crippen molar-refractivity contribution in [1.82, 2.24) is 9.97 Å². The van der Waals surface area contributed by atoms with Crippen LogP contribution in [0, 0.1) is 0 Å². The van der Waals surface area contributed by atoms with Gasteiger partial charge in [0.15, 0.2) is 5.16 Å². The van der Waals surface area contributed by atoms with Crippen LogP contribution in [0.4, 0.5) is 0 Å². The van der Waals surface area contributed by atoms with Crippen LogP contribution >= 0.6 is 11.8 Å². The van der Waals surface area contributed by atoms with Crippen LogP contribution in [0.3, 0.4) is 0 Å². The van der Waals surface area contributed by atoms with Gasteiger partial charge >= 0.3 is 5.97 Å². The lowest BCUT2D eigenvalue weighted by atomic mass is 9.91. The Hall–Kier alpha value is -3.71. The Balaban J connectivity index is 1.52. The van der Waals surface area contributed by atoms with Crippen molar-refractivity contribution in [2.24, 2.45) is 0 Å². The zero-order valence-electron chi connectivity index (χ0n) is 16.4. The number of rotatable bonds is 7. The van der Waals surface area contributed by atoms with E-state index in [1.54, 1.807) is 18.5 Å². The minimum absolute atomic E-state index is 0.147. The van der Waals surface area contributed by atoms with E-state index >= 15 is 0 Å². The summed E-state index contributed by atoms with van der Waals surface area (Å²) in [6.07, 6.45) is 4.46. The summed E-state index contributed by atoms with van der Waals surface area (Å²) in [6.45, 7) is 0. The van der Waals surface area contributed by atoms with Crippen LogP contribution in [0.2, 0.25) is 0 Å². The van der Waals surface area contributed by atoms with E-state index in [-0.39, 0.29) is 5.75 Å². The summed E-state index contributed by atoms with van der Waals surface area (Å²) in [7, 11) is 0. The van der Waals surface area contributed by atoms with Crippen LogP contribution in [-0.4, -0.2) is 15.9 Å². The first-order valence-corrected chi connectivity index (χ1v) is 10.5. The van der Waals surface area contributed by atoms with Gasteiger partial charge in [0.05, 0.1) is 5.75 Å². The molecule has 0 fully saturated rings. The van der Waals surface area contributed by atoms with Gasteiger partial charge in [-0.1, -0.05) is 72.4 Å². The van der Waals surface area contributed by atoms with Crippen molar-refractivity contribution in [3.05, 3.63) is 119 Å². The number of hydrogen-bond donors (Lipinski definition) is 0. The highest BCUT2D eigenvalue weighted by molar-refractivity contribution is 7.98. The SMILES string of the molecule is O=C(Oc1coc(CSc2ncccn2)cc1=O)C(c1ccccc1)c1ccccc1. The van der Waals surface area contributed by atoms with Gasteiger partial charge in [0.2, 0.25) is 11.2 Å². The summed E-state index contributed by atoms with van der Waals surface area (Å²) in [5, 5.41) is 0.578. The van der Waals surface area contributed by atoms with Crippen molar-refractivity contribution in [3.8, 4) is 5.75 Å². The Kier molecular flexibility index (Phi) is 6.54. The van der Waals surface area contributed by atoms with E-state index < -0.39 is 17.3 Å². The van der Waals surface area contributed by atoms with Crippen LogP contribution in [0.25, 0.3) is 0 Å². The quantitative estimate of drug-likeness (QED) is 0.243. The molecule has 0 N–H and O–H groups in total. The molecule has 2 aromatic heterocycles. The normalized spacial score (nSPS) is 10.7. The number of carbonyl (C=O) groups is 1. The number of esters is 1. The summed E-state index contributed by atoms with van der Waals surface area (Å²) < 4.78 is 11.0. The van der Waals surface area contributed by atoms with Crippen LogP contribution in [0.1, 0.15) is 22.8 Å². The first-order valence-electron chi connectivity index (χ1n) is 9.54. The molecule has 0 bridgehead atoms. The predicted octanol–water partition coefficient (Wildman–Crippen LogP) is 4.46. The number of benzene rings is 2. The molecular weight excluding hydrogens is 412 g/mol. The largest absolute Gasteiger partial charge is 0.464 e. The molecule has 0 aliphatic carbocycles. The zero-order chi connectivity index (χ0) is 21.5. The van der Waals surface area contributed by atoms with Gasteiger partial charge < -0.3 is 9.15 Å². The lowest BCUT2D eigenvalue weighted by molar-refractivity contribution is -0.135. The van der Waals surface area contributed by atoms with E-state index in [0.29, 0.717) is 16.7 Å². The first-order chi connectivity index (χ1) is 15.2. The van der Waals surface area contributed by atoms with Gasteiger partial charge in [-0.15, -0.1) is 0 Å². The fraction of sp³-hybridized carbons (Fsp3) is 0.0833. The van der Waals surface area contributed by atoms with E-state index in [1.165, 1.54) is 24.1 Å². The van der Waals surface area contributed by atoms with Crippen LogP contribution in [0.15, 0.2) is 106 Å². The standard InChI is InChI=1S/C24H18N2O4S/c27-20-14-19(16-31-24-25-12-7-13-26-24)29-15-21(20)30-23(28)22(17-8-3-1-4-9-17)18-10-5-2-6-11-18/h1-15,22H,16H2. The van der Waals surface area contributed by atoms with Gasteiger partial charge in [-0.2, -0.15) is 0 Å². The molecule has 0 atom stereocenters. The topological polar surface area (TPSA) is 82.3 Å². The summed E-state index contributed by atoms with van der Waals surface area (Å²) >= 11 is 1.34. The van der Waals surface area contributed by atoms with Crippen molar-refractivity contribution in [3.63, 3.8) is 0 Å². The summed E-state index contributed by atoms with van der Waals surface area (Å²) in [5.74, 6) is -0.544. The molecule has 0 amide bonds. The van der Waals surface area contributed by atoms with Crippen molar-refractivity contribution < 1.29 is 13.9 Å². The van der Waals surface area contributed by atoms with Gasteiger partial charge in [-0.05, 0) is 17.2 Å². The highest BCUT2D eigenvalue weighted by Crippen LogP contribution is 2.26. The fourth-order valence-corrected chi connectivity index (χ4v) is 3.70. The molecule has 4 aromatic rings. The molecule has 0 aliphatic rings. The molecule has 2 heterocycles. The smallest absolute Gasteiger partial charge is 0.323 e. The molecule has 0 unspecified atom stereocenters. The van der Waals surface area contributed by atoms with E-state index in [4.69, 9.17) is 9.15 Å². The Morgan fingerprint density at radius 3 is 2.13 bits per heavy atom. The molecule has 4 rings (SSSR count). The van der Waals surface area contributed by atoms with Gasteiger partial charge in [0.25, 0.3) is 0 Å². The average molecular weight is 430 g/mol. The molecule has 0 spiro atoms. The number of hydrogen-bond acceptors (Lipinski definition) is 7. The summed E-state index contributed by atoms with van der Waals surface area (Å²) in [6, 6.07) is 21.6. The molecule has 31 heavy (non-hydrogen) atoms. The Morgan fingerprint density at radius 2 is 1.55 bits per heavy atom. The first kappa shape index (κ1) is 20.6. The average Bonchev–Trinajstić information content (AvgIpc) is 2.81. The Bertz CT molecular complexity index is 1160. The lowest BCUT2D eigenvalue weighted by Gasteiger charge is -2.16. The highest BCUT2D eigenvalue weighted by Gasteiger charge is 2.25. The third-order valence-corrected chi connectivity index (χ3v) is 5.35. The Labute approximate surface area is 183 Å². The molecule has 2 aromatic carbocycles. The molecule has 0 saturated heterocycles. The maximum Gasteiger partial charge on any atom is 0.323 e. The minimum Gasteiger partial charge on any atom is -0.464 e. The maximum atomic E-state index is 13.0. The summed E-state index contributed by atoms with van der Waals surface area (Å²) in [5.41, 5.74) is 1.13. The third-order valence-electron chi connectivity index (χ3n) is 4.45. The number of ether oxygens (including phenoxy) is 1. The second-order valence-electron chi connectivity index (χ2n) is 6.57. The van der Waals surface area contributed by atoms with Gasteiger partial charge in [0.1, 0.15) is 17.9 Å². The highest BCUT2D eigenvalue weighted by atomic mass is 32.2. The molecule has 0 aliphatic heterocycles. The molecule has 7 heteroatoms. The molecule has 6 nitrogen and oxygen atoms in total. The van der Waals surface area contributed by atoms with Gasteiger partial charge in [-0.3, -0.25) is 9.59 Å². The van der Waals surface area contributed by atoms with Crippen LogP contribution < -0.4 is 10.2 Å². The van der Waals surface area contributed by atoms with E-state index in [0.717, 1.165) is 11.1 Å². The summed E-state index contributed by atoms with van der Waals surface area (Å²) in [4.78, 5) is 33.8. The lowest BCUT2D eigenvalue weighted by Crippen LogP contribution is -2.22. The monoisotopic (exact) mass is 430 g/mol.